The summed E-state index contributed by atoms with van der Waals surface area (Å²) in [4.78, 5) is 0. The van der Waals surface area contributed by atoms with Gasteiger partial charge in [0, 0.05) is 20.1 Å². The highest BCUT2D eigenvalue weighted by molar-refractivity contribution is 5.30. The lowest BCUT2D eigenvalue weighted by Gasteiger charge is -1.99. The zero-order valence-corrected chi connectivity index (χ0v) is 13.3. The highest BCUT2D eigenvalue weighted by Crippen LogP contribution is 2.05. The van der Waals surface area contributed by atoms with E-state index in [0.717, 1.165) is 12.8 Å². The Balaban J connectivity index is 3.81. The minimum Gasteiger partial charge on any atom is -0.385 e. The van der Waals surface area contributed by atoms with Crippen LogP contribution in [0.5, 0.6) is 0 Å². The Bertz CT molecular complexity index is 379. The Morgan fingerprint density at radius 3 is 2.48 bits per heavy atom. The van der Waals surface area contributed by atoms with E-state index in [0.29, 0.717) is 13.0 Å². The molecule has 2 atom stereocenters. The van der Waals surface area contributed by atoms with E-state index in [1.807, 2.05) is 6.08 Å². The molecule has 0 aromatic carbocycles. The van der Waals surface area contributed by atoms with Gasteiger partial charge in [0.25, 0.3) is 0 Å². The van der Waals surface area contributed by atoms with Crippen LogP contribution < -0.4 is 0 Å². The Morgan fingerprint density at radius 2 is 1.76 bits per heavy atom. The SMILES string of the molecule is CCCCCCC/C=C\C(O)C#CC#CC(O)CCOC. The average molecular weight is 292 g/mol. The van der Waals surface area contributed by atoms with Crippen molar-refractivity contribution in [3.8, 4) is 23.7 Å². The average Bonchev–Trinajstić information content (AvgIpc) is 2.48. The summed E-state index contributed by atoms with van der Waals surface area (Å²) in [5.74, 6) is 10.3. The van der Waals surface area contributed by atoms with Crippen LogP contribution in [0, 0.1) is 23.7 Å². The van der Waals surface area contributed by atoms with Crippen molar-refractivity contribution in [2.75, 3.05) is 13.7 Å². The number of hydrogen-bond acceptors (Lipinski definition) is 3. The lowest BCUT2D eigenvalue weighted by Crippen LogP contribution is -2.06. The third kappa shape index (κ3) is 15.0. The minimum atomic E-state index is -0.786. The van der Waals surface area contributed by atoms with Gasteiger partial charge < -0.3 is 14.9 Å². The van der Waals surface area contributed by atoms with Gasteiger partial charge in [0.1, 0.15) is 12.2 Å². The molecule has 2 unspecified atom stereocenters. The van der Waals surface area contributed by atoms with Crippen molar-refractivity contribution in [3.63, 3.8) is 0 Å². The van der Waals surface area contributed by atoms with E-state index in [4.69, 9.17) is 4.74 Å². The molecule has 3 nitrogen and oxygen atoms in total. The zero-order chi connectivity index (χ0) is 15.8. The first-order valence-electron chi connectivity index (χ1n) is 7.73. The number of hydrogen-bond donors (Lipinski definition) is 2. The Kier molecular flexibility index (Phi) is 14.2. The van der Waals surface area contributed by atoms with Crippen molar-refractivity contribution in [1.29, 1.82) is 0 Å². The van der Waals surface area contributed by atoms with Crippen LogP contribution in [0.15, 0.2) is 12.2 Å². The molecule has 0 saturated carbocycles. The molecule has 0 amide bonds. The molecule has 0 radical (unpaired) electrons. The third-order valence-corrected chi connectivity index (χ3v) is 2.91. The summed E-state index contributed by atoms with van der Waals surface area (Å²) in [6.07, 6.45) is 9.82. The van der Waals surface area contributed by atoms with Crippen molar-refractivity contribution in [2.24, 2.45) is 0 Å². The van der Waals surface area contributed by atoms with Crippen molar-refractivity contribution in [2.45, 2.75) is 64.1 Å². The fourth-order valence-corrected chi connectivity index (χ4v) is 1.67. The van der Waals surface area contributed by atoms with E-state index < -0.39 is 12.2 Å². The molecule has 21 heavy (non-hydrogen) atoms. The van der Waals surface area contributed by atoms with E-state index in [-0.39, 0.29) is 0 Å². The number of unbranched alkanes of at least 4 members (excludes halogenated alkanes) is 5. The highest BCUT2D eigenvalue weighted by Gasteiger charge is 1.96. The molecule has 0 aromatic heterocycles. The molecule has 0 spiro atoms. The summed E-state index contributed by atoms with van der Waals surface area (Å²) < 4.78 is 4.83. The van der Waals surface area contributed by atoms with Crippen LogP contribution in [0.25, 0.3) is 0 Å². The van der Waals surface area contributed by atoms with Gasteiger partial charge >= 0.3 is 0 Å². The first kappa shape index (κ1) is 19.7. The molecule has 0 heterocycles. The zero-order valence-electron chi connectivity index (χ0n) is 13.3. The molecule has 118 valence electrons. The number of allylic oxidation sites excluding steroid dienone is 1. The molecule has 0 aliphatic rings. The van der Waals surface area contributed by atoms with Gasteiger partial charge in [-0.25, -0.2) is 0 Å². The van der Waals surface area contributed by atoms with E-state index in [9.17, 15) is 10.2 Å². The lowest BCUT2D eigenvalue weighted by atomic mass is 10.1. The smallest absolute Gasteiger partial charge is 0.134 e. The quantitative estimate of drug-likeness (QED) is 0.370. The fraction of sp³-hybridized carbons (Fsp3) is 0.667. The van der Waals surface area contributed by atoms with Crippen molar-refractivity contribution in [3.05, 3.63) is 12.2 Å². The second kappa shape index (κ2) is 15.1. The molecule has 0 bridgehead atoms. The predicted octanol–water partition coefficient (Wildman–Crippen LogP) is 2.67. The summed E-state index contributed by atoms with van der Waals surface area (Å²) in [6, 6.07) is 0. The van der Waals surface area contributed by atoms with Gasteiger partial charge in [0.2, 0.25) is 0 Å². The van der Waals surface area contributed by atoms with Crippen molar-refractivity contribution >= 4 is 0 Å². The maximum atomic E-state index is 9.59. The topological polar surface area (TPSA) is 49.7 Å². The standard InChI is InChI=1S/C18H28O3/c1-3-4-5-6-7-8-9-12-17(19)13-10-11-14-18(20)15-16-21-2/h9,12,17-20H,3-8,15-16H2,1-2H3/b12-9-. The summed E-state index contributed by atoms with van der Waals surface area (Å²) in [5, 5.41) is 19.0. The van der Waals surface area contributed by atoms with E-state index >= 15 is 0 Å². The van der Waals surface area contributed by atoms with Crippen LogP contribution >= 0.6 is 0 Å². The number of rotatable bonds is 10. The molecule has 0 rings (SSSR count). The van der Waals surface area contributed by atoms with E-state index in [1.165, 1.54) is 25.7 Å². The second-order valence-electron chi connectivity index (χ2n) is 4.91. The van der Waals surface area contributed by atoms with Crippen LogP contribution in [0.3, 0.4) is 0 Å². The molecule has 0 saturated heterocycles. The first-order chi connectivity index (χ1) is 10.2. The molecular weight excluding hydrogens is 264 g/mol. The second-order valence-corrected chi connectivity index (χ2v) is 4.91. The Hall–Kier alpha value is -1.26. The summed E-state index contributed by atoms with van der Waals surface area (Å²) in [7, 11) is 1.58. The summed E-state index contributed by atoms with van der Waals surface area (Å²) in [6.45, 7) is 2.67. The number of aliphatic hydroxyl groups is 2. The fourth-order valence-electron chi connectivity index (χ4n) is 1.67. The van der Waals surface area contributed by atoms with Crippen LogP contribution in [-0.2, 0) is 4.74 Å². The monoisotopic (exact) mass is 292 g/mol. The van der Waals surface area contributed by atoms with Crippen LogP contribution in [0.4, 0.5) is 0 Å². The predicted molar refractivity (Wildman–Crippen MR) is 86.6 cm³/mol. The molecular formula is C18H28O3. The molecule has 0 aliphatic carbocycles. The molecule has 0 aromatic rings. The number of aliphatic hydroxyl groups excluding tert-OH is 2. The largest absolute Gasteiger partial charge is 0.385 e. The van der Waals surface area contributed by atoms with Gasteiger partial charge in [0.15, 0.2) is 0 Å². The van der Waals surface area contributed by atoms with Gasteiger partial charge in [-0.1, -0.05) is 50.5 Å². The van der Waals surface area contributed by atoms with E-state index in [2.05, 4.69) is 30.6 Å². The lowest BCUT2D eigenvalue weighted by molar-refractivity contribution is 0.140. The molecule has 0 aliphatic heterocycles. The van der Waals surface area contributed by atoms with Crippen molar-refractivity contribution < 1.29 is 14.9 Å². The summed E-state index contributed by atoms with van der Waals surface area (Å²) in [5.41, 5.74) is 0. The Morgan fingerprint density at radius 1 is 1.05 bits per heavy atom. The summed E-state index contributed by atoms with van der Waals surface area (Å²) >= 11 is 0. The maximum absolute atomic E-state index is 9.59. The number of methoxy groups -OCH3 is 1. The van der Waals surface area contributed by atoms with Gasteiger partial charge in [-0.05, 0) is 30.8 Å². The van der Waals surface area contributed by atoms with Crippen LogP contribution in [-0.4, -0.2) is 36.1 Å². The minimum absolute atomic E-state index is 0.464. The maximum Gasteiger partial charge on any atom is 0.134 e. The van der Waals surface area contributed by atoms with Gasteiger partial charge in [-0.15, -0.1) is 0 Å². The molecule has 3 heteroatoms. The van der Waals surface area contributed by atoms with Crippen LogP contribution in [0.1, 0.15) is 51.9 Å². The van der Waals surface area contributed by atoms with Crippen molar-refractivity contribution in [1.82, 2.24) is 0 Å². The highest BCUT2D eigenvalue weighted by atomic mass is 16.5. The Labute approximate surface area is 129 Å². The normalized spacial score (nSPS) is 13.1. The van der Waals surface area contributed by atoms with Gasteiger partial charge in [-0.3, -0.25) is 0 Å². The first-order valence-corrected chi connectivity index (χ1v) is 7.73. The molecule has 2 N–H and O–H groups in total. The van der Waals surface area contributed by atoms with Gasteiger partial charge in [-0.2, -0.15) is 0 Å². The van der Waals surface area contributed by atoms with E-state index in [1.54, 1.807) is 13.2 Å². The molecule has 0 fully saturated rings. The third-order valence-electron chi connectivity index (χ3n) is 2.91. The number of ether oxygens (including phenoxy) is 1. The van der Waals surface area contributed by atoms with Gasteiger partial charge in [0.05, 0.1) is 0 Å². The van der Waals surface area contributed by atoms with Crippen LogP contribution in [0.2, 0.25) is 0 Å².